The number of hydrogen-bond acceptors (Lipinski definition) is 5. The lowest BCUT2D eigenvalue weighted by Crippen LogP contribution is -2.21. The van der Waals surface area contributed by atoms with E-state index in [2.05, 4.69) is 12.2 Å². The van der Waals surface area contributed by atoms with Crippen molar-refractivity contribution in [3.63, 3.8) is 0 Å². The second kappa shape index (κ2) is 9.74. The van der Waals surface area contributed by atoms with Crippen molar-refractivity contribution in [1.29, 1.82) is 0 Å². The van der Waals surface area contributed by atoms with Crippen LogP contribution in [0.4, 0.5) is 0 Å². The van der Waals surface area contributed by atoms with Gasteiger partial charge in [-0.25, -0.2) is 0 Å². The fourth-order valence-electron chi connectivity index (χ4n) is 3.65. The van der Waals surface area contributed by atoms with Gasteiger partial charge in [0.1, 0.15) is 0 Å². The molecule has 2 aliphatic carbocycles. The highest BCUT2D eigenvalue weighted by Gasteiger charge is 2.40. The molecule has 138 valence electrons. The van der Waals surface area contributed by atoms with Crippen molar-refractivity contribution in [2.45, 2.75) is 52.4 Å². The van der Waals surface area contributed by atoms with Crippen molar-refractivity contribution in [2.75, 3.05) is 26.0 Å². The standard InChI is InChI=1S/C18H31O5P/c1-3-22-24(20,23-4-2)12-8-6-5-7-11-21-18(19)17-14-15-9-10-16(17)13-15/h9-10,15-17H,3-8,11-14H2,1-2H3. The van der Waals surface area contributed by atoms with Gasteiger partial charge >= 0.3 is 13.6 Å². The molecule has 5 nitrogen and oxygen atoms in total. The molecule has 0 saturated heterocycles. The molecule has 3 atom stereocenters. The minimum Gasteiger partial charge on any atom is -0.465 e. The zero-order valence-electron chi connectivity index (χ0n) is 14.9. The van der Waals surface area contributed by atoms with Crippen molar-refractivity contribution in [3.05, 3.63) is 12.2 Å². The van der Waals surface area contributed by atoms with Crippen molar-refractivity contribution in [2.24, 2.45) is 17.8 Å². The molecule has 1 fully saturated rings. The van der Waals surface area contributed by atoms with Gasteiger partial charge in [-0.15, -0.1) is 0 Å². The highest BCUT2D eigenvalue weighted by molar-refractivity contribution is 7.53. The highest BCUT2D eigenvalue weighted by atomic mass is 31.2. The van der Waals surface area contributed by atoms with Gasteiger partial charge in [0.25, 0.3) is 0 Å². The van der Waals surface area contributed by atoms with E-state index in [-0.39, 0.29) is 11.9 Å². The molecule has 6 heteroatoms. The first kappa shape index (κ1) is 19.7. The summed E-state index contributed by atoms with van der Waals surface area (Å²) in [7, 11) is -2.90. The van der Waals surface area contributed by atoms with Crippen LogP contribution in [0.1, 0.15) is 52.4 Å². The van der Waals surface area contributed by atoms with Gasteiger partial charge in [-0.05, 0) is 51.4 Å². The molecule has 2 aliphatic rings. The molecular formula is C18H31O5P. The topological polar surface area (TPSA) is 61.8 Å². The van der Waals surface area contributed by atoms with Crippen LogP contribution in [-0.2, 0) is 23.1 Å². The van der Waals surface area contributed by atoms with Crippen LogP contribution in [-0.4, -0.2) is 32.0 Å². The average molecular weight is 358 g/mol. The maximum absolute atomic E-state index is 12.3. The van der Waals surface area contributed by atoms with Crippen molar-refractivity contribution in [3.8, 4) is 0 Å². The molecule has 2 rings (SSSR count). The van der Waals surface area contributed by atoms with Crippen molar-refractivity contribution < 1.29 is 23.1 Å². The van der Waals surface area contributed by atoms with Gasteiger partial charge in [-0.1, -0.05) is 25.0 Å². The highest BCUT2D eigenvalue weighted by Crippen LogP contribution is 2.48. The van der Waals surface area contributed by atoms with E-state index in [0.29, 0.717) is 37.8 Å². The minimum absolute atomic E-state index is 0.0240. The Kier molecular flexibility index (Phi) is 7.99. The Hall–Kier alpha value is -0.640. The smallest absolute Gasteiger partial charge is 0.330 e. The average Bonchev–Trinajstić information content (AvgIpc) is 3.17. The van der Waals surface area contributed by atoms with E-state index in [1.165, 1.54) is 0 Å². The quantitative estimate of drug-likeness (QED) is 0.221. The molecule has 0 heterocycles. The summed E-state index contributed by atoms with van der Waals surface area (Å²) in [4.78, 5) is 12.1. The monoisotopic (exact) mass is 358 g/mol. The summed E-state index contributed by atoms with van der Waals surface area (Å²) < 4.78 is 28.2. The van der Waals surface area contributed by atoms with Crippen LogP contribution in [0.15, 0.2) is 12.2 Å². The van der Waals surface area contributed by atoms with Crippen LogP contribution < -0.4 is 0 Å². The van der Waals surface area contributed by atoms with Crippen molar-refractivity contribution in [1.82, 2.24) is 0 Å². The normalized spacial score (nSPS) is 25.3. The van der Waals surface area contributed by atoms with Gasteiger partial charge < -0.3 is 13.8 Å². The molecule has 0 aromatic rings. The molecule has 0 aromatic carbocycles. The lowest BCUT2D eigenvalue weighted by Gasteiger charge is -2.17. The number of esters is 1. The zero-order chi connectivity index (χ0) is 17.4. The maximum Gasteiger partial charge on any atom is 0.330 e. The van der Waals surface area contributed by atoms with E-state index >= 15 is 0 Å². The van der Waals surface area contributed by atoms with Crippen LogP contribution in [0.2, 0.25) is 0 Å². The van der Waals surface area contributed by atoms with Crippen LogP contribution >= 0.6 is 7.60 Å². The lowest BCUT2D eigenvalue weighted by molar-refractivity contribution is -0.149. The predicted molar refractivity (Wildman–Crippen MR) is 94.0 cm³/mol. The number of carbonyl (C=O) groups excluding carboxylic acids is 1. The van der Waals surface area contributed by atoms with Gasteiger partial charge in [-0.2, -0.15) is 0 Å². The third-order valence-corrected chi connectivity index (χ3v) is 6.97. The Morgan fingerprint density at radius 2 is 1.75 bits per heavy atom. The van der Waals surface area contributed by atoms with E-state index in [1.54, 1.807) is 0 Å². The number of ether oxygens (including phenoxy) is 1. The Morgan fingerprint density at radius 1 is 1.04 bits per heavy atom. The van der Waals surface area contributed by atoms with Gasteiger partial charge in [0, 0.05) is 0 Å². The molecule has 0 radical (unpaired) electrons. The molecule has 0 amide bonds. The van der Waals surface area contributed by atoms with E-state index in [1.807, 2.05) is 13.8 Å². The largest absolute Gasteiger partial charge is 0.465 e. The minimum atomic E-state index is -2.90. The molecule has 0 aromatic heterocycles. The number of allylic oxidation sites excluding steroid dienone is 2. The molecule has 0 spiro atoms. The molecule has 2 bridgehead atoms. The number of hydrogen-bond donors (Lipinski definition) is 0. The van der Waals surface area contributed by atoms with Crippen LogP contribution in [0.25, 0.3) is 0 Å². The number of fused-ring (bicyclic) bond motifs is 2. The SMILES string of the molecule is CCOP(=O)(CCCCCCOC(=O)C1CC2C=CC1C2)OCC. The van der Waals surface area contributed by atoms with E-state index in [0.717, 1.165) is 38.5 Å². The summed E-state index contributed by atoms with van der Waals surface area (Å²) in [5, 5.41) is 0. The molecule has 0 aliphatic heterocycles. The number of carbonyl (C=O) groups is 1. The van der Waals surface area contributed by atoms with Gasteiger partial charge in [0.15, 0.2) is 0 Å². The Bertz CT molecular complexity index is 466. The van der Waals surface area contributed by atoms with Gasteiger partial charge in [0.05, 0.1) is 31.9 Å². The fraction of sp³-hybridized carbons (Fsp3) is 0.833. The Morgan fingerprint density at radius 3 is 2.33 bits per heavy atom. The van der Waals surface area contributed by atoms with Gasteiger partial charge in [0.2, 0.25) is 0 Å². The summed E-state index contributed by atoms with van der Waals surface area (Å²) in [5.41, 5.74) is 0. The van der Waals surface area contributed by atoms with Crippen LogP contribution in [0.3, 0.4) is 0 Å². The van der Waals surface area contributed by atoms with E-state index < -0.39 is 7.60 Å². The Balaban J connectivity index is 1.51. The summed E-state index contributed by atoms with van der Waals surface area (Å²) in [6.45, 7) is 4.96. The third-order valence-electron chi connectivity index (χ3n) is 4.80. The molecule has 3 unspecified atom stereocenters. The van der Waals surface area contributed by atoms with Crippen LogP contribution in [0.5, 0.6) is 0 Å². The van der Waals surface area contributed by atoms with Gasteiger partial charge in [-0.3, -0.25) is 9.36 Å². The third kappa shape index (κ3) is 5.72. The van der Waals surface area contributed by atoms with E-state index in [4.69, 9.17) is 13.8 Å². The summed E-state index contributed by atoms with van der Waals surface area (Å²) in [6, 6.07) is 0. The van der Waals surface area contributed by atoms with E-state index in [9.17, 15) is 9.36 Å². The first-order valence-corrected chi connectivity index (χ1v) is 11.0. The second-order valence-electron chi connectivity index (χ2n) is 6.64. The maximum atomic E-state index is 12.3. The second-order valence-corrected chi connectivity index (χ2v) is 8.82. The molecule has 1 saturated carbocycles. The first-order chi connectivity index (χ1) is 11.6. The summed E-state index contributed by atoms with van der Waals surface area (Å²) in [5.74, 6) is 1.07. The van der Waals surface area contributed by atoms with Crippen molar-refractivity contribution >= 4 is 13.6 Å². The summed E-state index contributed by atoms with van der Waals surface area (Å²) >= 11 is 0. The molecular weight excluding hydrogens is 327 g/mol. The zero-order valence-corrected chi connectivity index (χ0v) is 15.8. The fourth-order valence-corrected chi connectivity index (χ4v) is 5.38. The number of rotatable bonds is 12. The Labute approximate surface area is 145 Å². The first-order valence-electron chi connectivity index (χ1n) is 9.31. The van der Waals surface area contributed by atoms with Crippen LogP contribution in [0, 0.1) is 17.8 Å². The molecule has 24 heavy (non-hydrogen) atoms. The molecule has 0 N–H and O–H groups in total. The predicted octanol–water partition coefficient (Wildman–Crippen LogP) is 4.57. The number of unbranched alkanes of at least 4 members (excludes halogenated alkanes) is 3. The summed E-state index contributed by atoms with van der Waals surface area (Å²) in [6.07, 6.45) is 10.5. The lowest BCUT2D eigenvalue weighted by atomic mass is 9.94.